The van der Waals surface area contributed by atoms with Gasteiger partial charge in [-0.25, -0.2) is 0 Å². The number of fused-ring (bicyclic) bond motifs is 2. The van der Waals surface area contributed by atoms with E-state index in [1.54, 1.807) is 22.3 Å². The quantitative estimate of drug-likeness (QED) is 0.707. The summed E-state index contributed by atoms with van der Waals surface area (Å²) in [5, 5.41) is 0. The van der Waals surface area contributed by atoms with Gasteiger partial charge in [0, 0.05) is 9.52 Å². The third-order valence-corrected chi connectivity index (χ3v) is 7.09. The van der Waals surface area contributed by atoms with E-state index < -0.39 is 0 Å². The van der Waals surface area contributed by atoms with E-state index in [4.69, 9.17) is 0 Å². The van der Waals surface area contributed by atoms with Gasteiger partial charge in [0.25, 0.3) is 0 Å². The molecule has 0 bridgehead atoms. The summed E-state index contributed by atoms with van der Waals surface area (Å²) in [6.07, 6.45) is 8.08. The van der Waals surface area contributed by atoms with E-state index in [-0.39, 0.29) is 0 Å². The van der Waals surface area contributed by atoms with Crippen LogP contribution in [0.1, 0.15) is 35.1 Å². The maximum atomic E-state index is 2.35. The first-order valence-electron chi connectivity index (χ1n) is 8.28. The molecule has 0 aliphatic heterocycles. The summed E-state index contributed by atoms with van der Waals surface area (Å²) in [5.74, 6) is 0. The Labute approximate surface area is 130 Å². The molecule has 0 nitrogen and oxygen atoms in total. The molecule has 0 N–H and O–H groups in total. The lowest BCUT2D eigenvalue weighted by Gasteiger charge is -2.30. The van der Waals surface area contributed by atoms with Gasteiger partial charge in [-0.15, -0.1) is 0 Å². The van der Waals surface area contributed by atoms with Gasteiger partial charge in [0.05, 0.1) is 0 Å². The van der Waals surface area contributed by atoms with Crippen molar-refractivity contribution in [2.75, 3.05) is 0 Å². The molecule has 2 aliphatic carbocycles. The van der Waals surface area contributed by atoms with Crippen LogP contribution in [0.25, 0.3) is 0 Å². The maximum absolute atomic E-state index is 2.35. The van der Waals surface area contributed by atoms with Gasteiger partial charge in [-0.1, -0.05) is 48.5 Å². The molecule has 4 rings (SSSR count). The SMILES string of the molecule is c1ccc2c(c1)CCC([Si]C1CCc3ccccc3C1)C2. The Hall–Kier alpha value is -1.34. The molecule has 0 aromatic heterocycles. The minimum atomic E-state index is 0.940. The zero-order valence-corrected chi connectivity index (χ0v) is 13.5. The fourth-order valence-electron chi connectivity index (χ4n) is 4.01. The standard InChI is InChI=1S/C20H22Si/c1-3-7-17-13-19(11-9-15(17)5-1)21-20-12-10-16-6-2-4-8-18(16)14-20/h1-8,19-20H,9-14H2. The summed E-state index contributed by atoms with van der Waals surface area (Å²) < 4.78 is 0. The second kappa shape index (κ2) is 5.80. The van der Waals surface area contributed by atoms with Crippen LogP contribution >= 0.6 is 0 Å². The normalized spacial score (nSPS) is 24.2. The van der Waals surface area contributed by atoms with Crippen LogP contribution in [0, 0.1) is 0 Å². The van der Waals surface area contributed by atoms with Crippen molar-refractivity contribution in [1.29, 1.82) is 0 Å². The largest absolute Gasteiger partial charge is 0.0620 e. The maximum Gasteiger partial charge on any atom is 0.0455 e. The first-order valence-corrected chi connectivity index (χ1v) is 9.43. The van der Waals surface area contributed by atoms with E-state index in [9.17, 15) is 0 Å². The van der Waals surface area contributed by atoms with Gasteiger partial charge in [-0.3, -0.25) is 0 Å². The van der Waals surface area contributed by atoms with Crippen molar-refractivity contribution in [3.8, 4) is 0 Å². The molecule has 2 atom stereocenters. The molecule has 0 heterocycles. The van der Waals surface area contributed by atoms with E-state index >= 15 is 0 Å². The highest BCUT2D eigenvalue weighted by Crippen LogP contribution is 2.35. The van der Waals surface area contributed by atoms with E-state index in [0.29, 0.717) is 0 Å². The summed E-state index contributed by atoms with van der Waals surface area (Å²) in [7, 11) is 1.15. The molecule has 0 amide bonds. The zero-order chi connectivity index (χ0) is 14.1. The van der Waals surface area contributed by atoms with Crippen LogP contribution in [-0.2, 0) is 25.7 Å². The lowest BCUT2D eigenvalue weighted by Crippen LogP contribution is -2.22. The van der Waals surface area contributed by atoms with E-state index in [2.05, 4.69) is 48.5 Å². The van der Waals surface area contributed by atoms with Crippen LogP contribution < -0.4 is 0 Å². The highest BCUT2D eigenvalue weighted by atomic mass is 28.2. The third-order valence-electron chi connectivity index (χ3n) is 5.17. The monoisotopic (exact) mass is 290 g/mol. The Morgan fingerprint density at radius 3 is 1.52 bits per heavy atom. The summed E-state index contributed by atoms with van der Waals surface area (Å²) in [5.41, 5.74) is 8.33. The summed E-state index contributed by atoms with van der Waals surface area (Å²) in [6, 6.07) is 18.2. The van der Waals surface area contributed by atoms with Gasteiger partial charge in [0.2, 0.25) is 0 Å². The Morgan fingerprint density at radius 1 is 0.619 bits per heavy atom. The Balaban J connectivity index is 1.42. The second-order valence-corrected chi connectivity index (χ2v) is 8.55. The van der Waals surface area contributed by atoms with Crippen LogP contribution in [0.2, 0.25) is 11.1 Å². The molecule has 0 fully saturated rings. The predicted octanol–water partition coefficient (Wildman–Crippen LogP) is 4.65. The molecule has 0 saturated carbocycles. The van der Waals surface area contributed by atoms with Gasteiger partial charge >= 0.3 is 0 Å². The van der Waals surface area contributed by atoms with Gasteiger partial charge in [-0.2, -0.15) is 0 Å². The highest BCUT2D eigenvalue weighted by molar-refractivity contribution is 6.39. The van der Waals surface area contributed by atoms with Crippen molar-refractivity contribution in [2.24, 2.45) is 0 Å². The third kappa shape index (κ3) is 2.84. The molecule has 2 aromatic carbocycles. The molecule has 0 saturated heterocycles. The molecular weight excluding hydrogens is 268 g/mol. The highest BCUT2D eigenvalue weighted by Gasteiger charge is 2.25. The second-order valence-electron chi connectivity index (χ2n) is 6.58. The summed E-state index contributed by atoms with van der Waals surface area (Å²) in [6.45, 7) is 0. The van der Waals surface area contributed by atoms with Crippen LogP contribution in [-0.4, -0.2) is 9.52 Å². The van der Waals surface area contributed by atoms with Crippen LogP contribution in [0.5, 0.6) is 0 Å². The van der Waals surface area contributed by atoms with E-state index in [1.807, 2.05) is 0 Å². The number of hydrogen-bond donors (Lipinski definition) is 0. The van der Waals surface area contributed by atoms with E-state index in [0.717, 1.165) is 20.6 Å². The smallest absolute Gasteiger partial charge is 0.0455 e. The molecule has 2 radical (unpaired) electrons. The first kappa shape index (κ1) is 13.3. The first-order chi connectivity index (χ1) is 10.4. The number of benzene rings is 2. The zero-order valence-electron chi connectivity index (χ0n) is 12.5. The number of hydrogen-bond acceptors (Lipinski definition) is 0. The molecule has 21 heavy (non-hydrogen) atoms. The van der Waals surface area contributed by atoms with Crippen molar-refractivity contribution >= 4 is 9.52 Å². The molecule has 2 unspecified atom stereocenters. The Bertz CT molecular complexity index is 576. The molecule has 106 valence electrons. The Kier molecular flexibility index (Phi) is 3.68. The van der Waals surface area contributed by atoms with Gasteiger partial charge < -0.3 is 0 Å². The molecular formula is C20H22Si. The number of rotatable bonds is 2. The number of aryl methyl sites for hydroxylation is 2. The van der Waals surface area contributed by atoms with Crippen LogP contribution in [0.4, 0.5) is 0 Å². The summed E-state index contributed by atoms with van der Waals surface area (Å²) in [4.78, 5) is 0. The molecule has 2 aliphatic rings. The minimum absolute atomic E-state index is 0.940. The fraction of sp³-hybridized carbons (Fsp3) is 0.400. The Morgan fingerprint density at radius 2 is 1.05 bits per heavy atom. The van der Waals surface area contributed by atoms with Gasteiger partial charge in [0.1, 0.15) is 0 Å². The van der Waals surface area contributed by atoms with Crippen LogP contribution in [0.15, 0.2) is 48.5 Å². The van der Waals surface area contributed by atoms with Crippen molar-refractivity contribution in [2.45, 2.75) is 49.6 Å². The molecule has 2 aromatic rings. The summed E-state index contributed by atoms with van der Waals surface area (Å²) >= 11 is 0. The fourth-order valence-corrected chi connectivity index (χ4v) is 5.98. The van der Waals surface area contributed by atoms with Crippen molar-refractivity contribution in [3.63, 3.8) is 0 Å². The van der Waals surface area contributed by atoms with Crippen molar-refractivity contribution in [3.05, 3.63) is 70.8 Å². The minimum Gasteiger partial charge on any atom is -0.0620 e. The lowest BCUT2D eigenvalue weighted by atomic mass is 9.91. The van der Waals surface area contributed by atoms with Crippen LogP contribution in [0.3, 0.4) is 0 Å². The lowest BCUT2D eigenvalue weighted by molar-refractivity contribution is 0.629. The average Bonchev–Trinajstić information content (AvgIpc) is 2.55. The topological polar surface area (TPSA) is 0 Å². The molecule has 1 heteroatoms. The van der Waals surface area contributed by atoms with Crippen molar-refractivity contribution in [1.82, 2.24) is 0 Å². The average molecular weight is 290 g/mol. The van der Waals surface area contributed by atoms with Crippen molar-refractivity contribution < 1.29 is 0 Å². The predicted molar refractivity (Wildman–Crippen MR) is 90.2 cm³/mol. The van der Waals surface area contributed by atoms with Gasteiger partial charge in [-0.05, 0) is 71.9 Å². The molecule has 0 spiro atoms. The van der Waals surface area contributed by atoms with E-state index in [1.165, 1.54) is 38.5 Å². The van der Waals surface area contributed by atoms with Gasteiger partial charge in [0.15, 0.2) is 0 Å².